The van der Waals surface area contributed by atoms with Crippen LogP contribution >= 0.6 is 0 Å². The van der Waals surface area contributed by atoms with E-state index < -0.39 is 36.0 Å². The van der Waals surface area contributed by atoms with Gasteiger partial charge < -0.3 is 15.0 Å². The molecule has 0 spiro atoms. The molecule has 1 N–H and O–H groups in total. The Morgan fingerprint density at radius 1 is 1.29 bits per heavy atom. The molecular formula is C19H21F3N6O3. The first-order chi connectivity index (χ1) is 14.8. The van der Waals surface area contributed by atoms with Crippen LogP contribution in [0.3, 0.4) is 0 Å². The highest BCUT2D eigenvalue weighted by Gasteiger charge is 2.36. The van der Waals surface area contributed by atoms with Crippen molar-refractivity contribution in [1.82, 2.24) is 20.3 Å². The number of aromatic nitrogens is 3. The van der Waals surface area contributed by atoms with Crippen LogP contribution in [-0.2, 0) is 9.53 Å². The maximum absolute atomic E-state index is 14.9. The normalized spacial score (nSPS) is 23.7. The highest BCUT2D eigenvalue weighted by atomic mass is 19.1. The Kier molecular flexibility index (Phi) is 5.70. The number of piperidine rings is 1. The molecule has 12 heteroatoms. The number of carbonyl (C=O) groups excluding carboxylic acids is 2. The molecule has 0 saturated carbocycles. The molecule has 0 radical (unpaired) electrons. The molecule has 3 atom stereocenters. The molecule has 2 unspecified atom stereocenters. The Morgan fingerprint density at radius 3 is 2.65 bits per heavy atom. The van der Waals surface area contributed by atoms with Crippen molar-refractivity contribution in [2.75, 3.05) is 36.0 Å². The fraction of sp³-hybridized carbons (Fsp3) is 0.474. The number of rotatable bonds is 5. The van der Waals surface area contributed by atoms with Crippen LogP contribution in [0.5, 0.6) is 0 Å². The van der Waals surface area contributed by atoms with Gasteiger partial charge in [0.05, 0.1) is 37.6 Å². The van der Waals surface area contributed by atoms with Gasteiger partial charge in [0.1, 0.15) is 18.0 Å². The summed E-state index contributed by atoms with van der Waals surface area (Å²) in [7, 11) is 0. The van der Waals surface area contributed by atoms with E-state index in [1.165, 1.54) is 22.7 Å². The van der Waals surface area contributed by atoms with E-state index in [0.717, 1.165) is 17.0 Å². The van der Waals surface area contributed by atoms with Gasteiger partial charge >= 0.3 is 6.09 Å². The van der Waals surface area contributed by atoms with E-state index in [1.807, 2.05) is 0 Å². The Bertz CT molecular complexity index is 950. The Morgan fingerprint density at radius 2 is 2.03 bits per heavy atom. The fourth-order valence-corrected chi connectivity index (χ4v) is 3.89. The van der Waals surface area contributed by atoms with Crippen molar-refractivity contribution < 1.29 is 27.5 Å². The maximum Gasteiger partial charge on any atom is 0.414 e. The van der Waals surface area contributed by atoms with Gasteiger partial charge in [-0.05, 0) is 6.42 Å². The molecule has 2 saturated heterocycles. The molecule has 9 nitrogen and oxygen atoms in total. The molecule has 2 aliphatic rings. The molecule has 0 bridgehead atoms. The van der Waals surface area contributed by atoms with Gasteiger partial charge in [-0.3, -0.25) is 9.69 Å². The lowest BCUT2D eigenvalue weighted by molar-refractivity contribution is -0.119. The highest BCUT2D eigenvalue weighted by molar-refractivity contribution is 5.90. The van der Waals surface area contributed by atoms with Gasteiger partial charge in [0.15, 0.2) is 11.6 Å². The standard InChI is InChI=1S/C19H21F3N6O3/c1-11(29)23-8-13-9-27(19(30)31-13)12-6-14(20)18(15(21)7-12)26-4-2-17(16(22)10-26)28-5-3-24-25-28/h3,5-7,13,16-17H,2,4,8-10H2,1H3,(H,23,29)/t13?,16-,17?/m0/s1. The van der Waals surface area contributed by atoms with Gasteiger partial charge in [0, 0.05) is 31.8 Å². The number of benzene rings is 1. The number of hydrogen-bond donors (Lipinski definition) is 1. The number of hydrogen-bond acceptors (Lipinski definition) is 6. The van der Waals surface area contributed by atoms with E-state index in [1.54, 1.807) is 6.20 Å². The first-order valence-electron chi connectivity index (χ1n) is 9.80. The molecule has 1 aromatic heterocycles. The van der Waals surface area contributed by atoms with Crippen LogP contribution in [0.4, 0.5) is 29.3 Å². The third kappa shape index (κ3) is 4.28. The van der Waals surface area contributed by atoms with Crippen LogP contribution in [0.1, 0.15) is 19.4 Å². The minimum absolute atomic E-state index is 0.0108. The minimum Gasteiger partial charge on any atom is -0.442 e. The highest BCUT2D eigenvalue weighted by Crippen LogP contribution is 2.34. The third-order valence-corrected chi connectivity index (χ3v) is 5.37. The predicted octanol–water partition coefficient (Wildman–Crippen LogP) is 1.81. The summed E-state index contributed by atoms with van der Waals surface area (Å²) in [6.07, 6.45) is 0.508. The summed E-state index contributed by atoms with van der Waals surface area (Å²) in [5.74, 6) is -2.09. The van der Waals surface area contributed by atoms with Gasteiger partial charge in [-0.2, -0.15) is 0 Å². The number of carbonyl (C=O) groups is 2. The number of anilines is 2. The summed E-state index contributed by atoms with van der Waals surface area (Å²) >= 11 is 0. The van der Waals surface area contributed by atoms with Gasteiger partial charge in [-0.25, -0.2) is 22.6 Å². The summed E-state index contributed by atoms with van der Waals surface area (Å²) < 4.78 is 50.9. The van der Waals surface area contributed by atoms with Gasteiger partial charge in [-0.1, -0.05) is 5.21 Å². The van der Waals surface area contributed by atoms with Crippen LogP contribution in [0.15, 0.2) is 24.5 Å². The topological polar surface area (TPSA) is 92.6 Å². The van der Waals surface area contributed by atoms with E-state index in [-0.39, 0.29) is 43.5 Å². The second kappa shape index (κ2) is 8.44. The number of nitrogens with zero attached hydrogens (tertiary/aromatic N) is 5. The quantitative estimate of drug-likeness (QED) is 0.766. The minimum atomic E-state index is -1.39. The molecular weight excluding hydrogens is 417 g/mol. The van der Waals surface area contributed by atoms with Crippen LogP contribution in [0.2, 0.25) is 0 Å². The molecule has 4 rings (SSSR count). The second-order valence-corrected chi connectivity index (χ2v) is 7.51. The monoisotopic (exact) mass is 438 g/mol. The lowest BCUT2D eigenvalue weighted by Gasteiger charge is -2.36. The second-order valence-electron chi connectivity index (χ2n) is 7.51. The number of alkyl halides is 1. The summed E-state index contributed by atoms with van der Waals surface area (Å²) in [4.78, 5) is 25.5. The molecule has 166 valence electrons. The fourth-order valence-electron chi connectivity index (χ4n) is 3.89. The van der Waals surface area contributed by atoms with Crippen molar-refractivity contribution in [3.05, 3.63) is 36.2 Å². The molecule has 2 amide bonds. The Balaban J connectivity index is 1.48. The molecule has 3 heterocycles. The molecule has 1 aromatic carbocycles. The smallest absolute Gasteiger partial charge is 0.414 e. The largest absolute Gasteiger partial charge is 0.442 e. The lowest BCUT2D eigenvalue weighted by atomic mass is 10.0. The first kappa shape index (κ1) is 20.9. The Hall–Kier alpha value is -3.31. The van der Waals surface area contributed by atoms with Crippen LogP contribution in [0.25, 0.3) is 0 Å². The van der Waals surface area contributed by atoms with Crippen LogP contribution in [0, 0.1) is 11.6 Å². The number of halogens is 3. The Labute approximate surface area is 175 Å². The zero-order valence-corrected chi connectivity index (χ0v) is 16.7. The predicted molar refractivity (Wildman–Crippen MR) is 103 cm³/mol. The van der Waals surface area contributed by atoms with E-state index in [2.05, 4.69) is 15.6 Å². The lowest BCUT2D eigenvalue weighted by Crippen LogP contribution is -2.43. The molecule has 2 aromatic rings. The van der Waals surface area contributed by atoms with Crippen molar-refractivity contribution in [2.24, 2.45) is 0 Å². The number of amides is 2. The molecule has 0 aliphatic carbocycles. The number of ether oxygens (including phenoxy) is 1. The molecule has 2 fully saturated rings. The van der Waals surface area contributed by atoms with Crippen molar-refractivity contribution in [3.63, 3.8) is 0 Å². The van der Waals surface area contributed by atoms with E-state index in [0.29, 0.717) is 6.42 Å². The summed E-state index contributed by atoms with van der Waals surface area (Å²) in [5, 5.41) is 10.00. The van der Waals surface area contributed by atoms with E-state index in [4.69, 9.17) is 4.74 Å². The van der Waals surface area contributed by atoms with Crippen LogP contribution < -0.4 is 15.1 Å². The zero-order valence-electron chi connectivity index (χ0n) is 16.7. The number of nitrogens with one attached hydrogen (secondary N) is 1. The zero-order chi connectivity index (χ0) is 22.1. The summed E-state index contributed by atoms with van der Waals surface area (Å²) in [6.45, 7) is 1.48. The van der Waals surface area contributed by atoms with Crippen molar-refractivity contribution in [1.29, 1.82) is 0 Å². The van der Waals surface area contributed by atoms with Crippen molar-refractivity contribution in [3.8, 4) is 0 Å². The van der Waals surface area contributed by atoms with Crippen molar-refractivity contribution >= 4 is 23.4 Å². The van der Waals surface area contributed by atoms with E-state index >= 15 is 0 Å². The maximum atomic E-state index is 14.9. The SMILES string of the molecule is CC(=O)NCC1CN(c2cc(F)c(N3CCC(n4ccnn4)[C@@H](F)C3)c(F)c2)C(=O)O1. The van der Waals surface area contributed by atoms with Crippen molar-refractivity contribution in [2.45, 2.75) is 31.7 Å². The number of cyclic esters (lactones) is 1. The van der Waals surface area contributed by atoms with E-state index in [9.17, 15) is 22.8 Å². The summed E-state index contributed by atoms with van der Waals surface area (Å²) in [5.41, 5.74) is -0.353. The third-order valence-electron chi connectivity index (χ3n) is 5.37. The van der Waals surface area contributed by atoms with Crippen LogP contribution in [-0.4, -0.2) is 65.4 Å². The average molecular weight is 438 g/mol. The van der Waals surface area contributed by atoms with Gasteiger partial charge in [0.2, 0.25) is 5.91 Å². The summed E-state index contributed by atoms with van der Waals surface area (Å²) in [6, 6.07) is 1.50. The molecule has 31 heavy (non-hydrogen) atoms. The van der Waals surface area contributed by atoms with Gasteiger partial charge in [-0.15, -0.1) is 5.10 Å². The molecule has 2 aliphatic heterocycles. The average Bonchev–Trinajstić information content (AvgIpc) is 3.36. The first-order valence-corrected chi connectivity index (χ1v) is 9.80. The van der Waals surface area contributed by atoms with Gasteiger partial charge in [0.25, 0.3) is 0 Å².